The summed E-state index contributed by atoms with van der Waals surface area (Å²) < 4.78 is 5.40. The summed E-state index contributed by atoms with van der Waals surface area (Å²) in [7, 11) is 0. The Morgan fingerprint density at radius 3 is 2.86 bits per heavy atom. The van der Waals surface area contributed by atoms with Crippen molar-refractivity contribution >= 4 is 5.91 Å². The minimum atomic E-state index is 0.0946. The molecule has 154 valence electrons. The van der Waals surface area contributed by atoms with Crippen molar-refractivity contribution in [1.29, 1.82) is 0 Å². The molecule has 0 saturated carbocycles. The van der Waals surface area contributed by atoms with Crippen LogP contribution in [0.5, 0.6) is 0 Å². The molecule has 2 saturated heterocycles. The van der Waals surface area contributed by atoms with Gasteiger partial charge in [0.05, 0.1) is 30.7 Å². The maximum Gasteiger partial charge on any atom is 0.257 e. The third kappa shape index (κ3) is 3.71. The van der Waals surface area contributed by atoms with E-state index in [0.29, 0.717) is 38.3 Å². The van der Waals surface area contributed by atoms with Crippen LogP contribution >= 0.6 is 0 Å². The monoisotopic (exact) mass is 394 g/mol. The lowest BCUT2D eigenvalue weighted by Crippen LogP contribution is -2.42. The molecule has 3 heterocycles. The van der Waals surface area contributed by atoms with Crippen LogP contribution in [0, 0.1) is 0 Å². The fourth-order valence-electron chi connectivity index (χ4n) is 5.35. The topological polar surface area (TPSA) is 61.5 Å². The summed E-state index contributed by atoms with van der Waals surface area (Å²) in [4.78, 5) is 17.6. The Labute approximate surface area is 172 Å². The smallest absolute Gasteiger partial charge is 0.257 e. The highest BCUT2D eigenvalue weighted by Crippen LogP contribution is 2.38. The van der Waals surface area contributed by atoms with Crippen molar-refractivity contribution in [3.8, 4) is 0 Å². The van der Waals surface area contributed by atoms with Gasteiger partial charge in [-0.1, -0.05) is 24.3 Å². The number of benzene rings is 1. The highest BCUT2D eigenvalue weighted by Gasteiger charge is 2.33. The van der Waals surface area contributed by atoms with Crippen LogP contribution < -0.4 is 0 Å². The molecule has 1 aromatic carbocycles. The molecule has 2 aromatic rings. The van der Waals surface area contributed by atoms with Crippen LogP contribution in [0.1, 0.15) is 64.8 Å². The van der Waals surface area contributed by atoms with Gasteiger partial charge in [0.1, 0.15) is 0 Å². The fraction of sp³-hybridized carbons (Fsp3) is 0.565. The van der Waals surface area contributed by atoms with Gasteiger partial charge in [0.25, 0.3) is 5.91 Å². The molecule has 1 N–H and O–H groups in total. The minimum Gasteiger partial charge on any atom is -0.378 e. The molecule has 2 aliphatic heterocycles. The number of carbonyl (C=O) groups is 1. The molecule has 0 radical (unpaired) electrons. The van der Waals surface area contributed by atoms with Gasteiger partial charge in [-0.05, 0) is 49.8 Å². The molecule has 29 heavy (non-hydrogen) atoms. The van der Waals surface area contributed by atoms with Crippen LogP contribution in [0.3, 0.4) is 0 Å². The van der Waals surface area contributed by atoms with Crippen molar-refractivity contribution in [3.63, 3.8) is 0 Å². The molecule has 2 atom stereocenters. The Balaban J connectivity index is 1.35. The van der Waals surface area contributed by atoms with E-state index in [4.69, 9.17) is 4.74 Å². The molecule has 5 rings (SSSR count). The molecule has 6 heteroatoms. The van der Waals surface area contributed by atoms with Gasteiger partial charge in [-0.15, -0.1) is 0 Å². The van der Waals surface area contributed by atoms with Crippen LogP contribution in [0.15, 0.2) is 30.5 Å². The highest BCUT2D eigenvalue weighted by molar-refractivity contribution is 5.95. The van der Waals surface area contributed by atoms with Crippen LogP contribution in [-0.2, 0) is 11.2 Å². The molecule has 2 fully saturated rings. The number of ether oxygens (including phenoxy) is 1. The van der Waals surface area contributed by atoms with Crippen LogP contribution in [-0.4, -0.2) is 65.3 Å². The van der Waals surface area contributed by atoms with Crippen molar-refractivity contribution in [2.45, 2.75) is 44.1 Å². The average Bonchev–Trinajstić information content (AvgIpc) is 3.29. The van der Waals surface area contributed by atoms with E-state index in [1.54, 1.807) is 6.20 Å². The van der Waals surface area contributed by atoms with Gasteiger partial charge >= 0.3 is 0 Å². The molecular formula is C23H30N4O2. The number of fused-ring (bicyclic) bond motifs is 1. The number of amides is 1. The van der Waals surface area contributed by atoms with Gasteiger partial charge in [0.2, 0.25) is 0 Å². The predicted molar refractivity (Wildman–Crippen MR) is 111 cm³/mol. The second-order valence-corrected chi connectivity index (χ2v) is 8.54. The van der Waals surface area contributed by atoms with Crippen LogP contribution in [0.25, 0.3) is 0 Å². The summed E-state index contributed by atoms with van der Waals surface area (Å²) in [5, 5.41) is 7.45. The number of piperidine rings is 1. The number of aromatic nitrogens is 2. The highest BCUT2D eigenvalue weighted by atomic mass is 16.5. The normalized spacial score (nSPS) is 25.6. The lowest BCUT2D eigenvalue weighted by molar-refractivity contribution is 0.0301. The van der Waals surface area contributed by atoms with E-state index in [-0.39, 0.29) is 5.91 Å². The van der Waals surface area contributed by atoms with E-state index in [2.05, 4.69) is 39.4 Å². The number of morpholine rings is 1. The van der Waals surface area contributed by atoms with E-state index in [1.165, 1.54) is 30.4 Å². The van der Waals surface area contributed by atoms with Crippen molar-refractivity contribution in [2.24, 2.45) is 0 Å². The molecule has 6 nitrogen and oxygen atoms in total. The first kappa shape index (κ1) is 18.8. The Morgan fingerprint density at radius 2 is 1.97 bits per heavy atom. The van der Waals surface area contributed by atoms with Gasteiger partial charge < -0.3 is 9.64 Å². The van der Waals surface area contributed by atoms with Crippen molar-refractivity contribution in [2.75, 3.05) is 39.4 Å². The predicted octanol–water partition coefficient (Wildman–Crippen LogP) is 3.14. The van der Waals surface area contributed by atoms with Gasteiger partial charge in [-0.25, -0.2) is 0 Å². The molecule has 1 amide bonds. The molecule has 1 aromatic heterocycles. The largest absolute Gasteiger partial charge is 0.378 e. The Morgan fingerprint density at radius 1 is 1.10 bits per heavy atom. The van der Waals surface area contributed by atoms with Crippen molar-refractivity contribution in [3.05, 3.63) is 52.8 Å². The van der Waals surface area contributed by atoms with E-state index in [1.807, 2.05) is 4.90 Å². The molecule has 0 spiro atoms. The van der Waals surface area contributed by atoms with Crippen LogP contribution in [0.2, 0.25) is 0 Å². The third-order valence-electron chi connectivity index (χ3n) is 6.84. The first-order valence-electron chi connectivity index (χ1n) is 11.0. The molecule has 3 aliphatic rings. The number of nitrogens with zero attached hydrogens (tertiary/aromatic N) is 3. The summed E-state index contributed by atoms with van der Waals surface area (Å²) in [5.74, 6) is 0.428. The fourth-order valence-corrected chi connectivity index (χ4v) is 5.35. The van der Waals surface area contributed by atoms with E-state index in [9.17, 15) is 4.79 Å². The lowest BCUT2D eigenvalue weighted by Gasteiger charge is -2.41. The number of hydrogen-bond donors (Lipinski definition) is 1. The summed E-state index contributed by atoms with van der Waals surface area (Å²) in [6, 6.07) is 9.44. The minimum absolute atomic E-state index is 0.0946. The van der Waals surface area contributed by atoms with Crippen molar-refractivity contribution in [1.82, 2.24) is 20.0 Å². The maximum absolute atomic E-state index is 13.1. The number of carbonyl (C=O) groups excluding carboxylic acids is 1. The maximum atomic E-state index is 13.1. The number of H-pyrrole nitrogens is 1. The first-order valence-corrected chi connectivity index (χ1v) is 11.0. The van der Waals surface area contributed by atoms with E-state index >= 15 is 0 Å². The van der Waals surface area contributed by atoms with Gasteiger partial charge in [0.15, 0.2) is 0 Å². The van der Waals surface area contributed by atoms with E-state index in [0.717, 1.165) is 37.2 Å². The zero-order valence-electron chi connectivity index (χ0n) is 17.0. The number of nitrogens with one attached hydrogen (secondary N) is 1. The number of hydrogen-bond acceptors (Lipinski definition) is 4. The van der Waals surface area contributed by atoms with Gasteiger partial charge in [0, 0.05) is 31.6 Å². The van der Waals surface area contributed by atoms with Crippen molar-refractivity contribution < 1.29 is 9.53 Å². The Kier molecular flexibility index (Phi) is 5.38. The molecule has 2 unspecified atom stereocenters. The van der Waals surface area contributed by atoms with E-state index < -0.39 is 0 Å². The second kappa shape index (κ2) is 8.28. The van der Waals surface area contributed by atoms with Crippen LogP contribution in [0.4, 0.5) is 0 Å². The average molecular weight is 395 g/mol. The third-order valence-corrected chi connectivity index (χ3v) is 6.84. The number of likely N-dealkylation sites (tertiary alicyclic amines) is 1. The SMILES string of the molecule is O=C(c1cn[nH]c1C1CCCN(C2CCCc3ccccc32)C1)N1CCOCC1. The number of aromatic amines is 1. The molecule has 0 bridgehead atoms. The zero-order chi connectivity index (χ0) is 19.6. The zero-order valence-corrected chi connectivity index (χ0v) is 17.0. The standard InChI is InChI=1S/C23H30N4O2/c28-23(26-11-13-29-14-12-26)20-15-24-25-22(20)18-7-4-10-27(16-18)21-9-3-6-17-5-1-2-8-19(17)21/h1-2,5,8,15,18,21H,3-4,6-7,9-14,16H2,(H,24,25). The number of aryl methyl sites for hydroxylation is 1. The summed E-state index contributed by atoms with van der Waals surface area (Å²) in [6.45, 7) is 4.70. The Bertz CT molecular complexity index is 858. The summed E-state index contributed by atoms with van der Waals surface area (Å²) >= 11 is 0. The Hall–Kier alpha value is -2.18. The molecular weight excluding hydrogens is 364 g/mol. The number of rotatable bonds is 3. The van der Waals surface area contributed by atoms with Gasteiger partial charge in [-0.3, -0.25) is 14.8 Å². The lowest BCUT2D eigenvalue weighted by atomic mass is 9.84. The summed E-state index contributed by atoms with van der Waals surface area (Å²) in [6.07, 6.45) is 7.68. The second-order valence-electron chi connectivity index (χ2n) is 8.54. The summed E-state index contributed by atoms with van der Waals surface area (Å²) in [5.41, 5.74) is 4.79. The first-order chi connectivity index (χ1) is 14.3. The molecule has 1 aliphatic carbocycles. The van der Waals surface area contributed by atoms with Gasteiger partial charge in [-0.2, -0.15) is 5.10 Å². The quantitative estimate of drug-likeness (QED) is 0.869.